The van der Waals surface area contributed by atoms with Crippen LogP contribution >= 0.6 is 11.8 Å². The van der Waals surface area contributed by atoms with Gasteiger partial charge in [-0.05, 0) is 36.7 Å². The Morgan fingerprint density at radius 3 is 2.70 bits per heavy atom. The van der Waals surface area contributed by atoms with Gasteiger partial charge in [0.1, 0.15) is 0 Å². The normalized spacial score (nSPS) is 20.0. The maximum Gasteiger partial charge on any atom is 0.446 e. The quantitative estimate of drug-likeness (QED) is 0.854. The van der Waals surface area contributed by atoms with E-state index < -0.39 is 17.5 Å². The van der Waals surface area contributed by atoms with Crippen molar-refractivity contribution in [1.82, 2.24) is 4.90 Å². The second kappa shape index (κ2) is 6.05. The van der Waals surface area contributed by atoms with E-state index in [4.69, 9.17) is 0 Å². The predicted molar refractivity (Wildman–Crippen MR) is 69.5 cm³/mol. The Bertz CT molecular complexity index is 493. The van der Waals surface area contributed by atoms with Gasteiger partial charge >= 0.3 is 5.51 Å². The standard InChI is InChI=1S/C13H14F3NO2S/c14-13(15,16)20-11-6-2-1-5-10(11)12(19)17-7-3-4-9(18)8-17/h1-2,5-6,9,18H,3-4,7-8H2/t9-/m0/s1. The molecule has 110 valence electrons. The number of carbonyl (C=O) groups excluding carboxylic acids is 1. The minimum absolute atomic E-state index is 0.0314. The third-order valence-corrected chi connectivity index (χ3v) is 3.83. The summed E-state index contributed by atoms with van der Waals surface area (Å²) in [5.74, 6) is -0.462. The number of carbonyl (C=O) groups is 1. The van der Waals surface area contributed by atoms with Crippen LogP contribution in [0.2, 0.25) is 0 Å². The molecule has 20 heavy (non-hydrogen) atoms. The van der Waals surface area contributed by atoms with Gasteiger partial charge in [-0.3, -0.25) is 4.79 Å². The number of aliphatic hydroxyl groups excluding tert-OH is 1. The molecule has 7 heteroatoms. The molecule has 0 radical (unpaired) electrons. The first-order valence-corrected chi connectivity index (χ1v) is 7.00. The highest BCUT2D eigenvalue weighted by molar-refractivity contribution is 8.00. The monoisotopic (exact) mass is 305 g/mol. The van der Waals surface area contributed by atoms with Crippen LogP contribution in [0.4, 0.5) is 13.2 Å². The minimum Gasteiger partial charge on any atom is -0.391 e. The highest BCUT2D eigenvalue weighted by Gasteiger charge is 2.32. The molecule has 1 fully saturated rings. The van der Waals surface area contributed by atoms with Gasteiger partial charge in [0.05, 0.1) is 11.7 Å². The summed E-state index contributed by atoms with van der Waals surface area (Å²) >= 11 is -0.290. The van der Waals surface area contributed by atoms with Crippen LogP contribution in [0.1, 0.15) is 23.2 Å². The molecule has 1 atom stereocenters. The molecule has 0 aromatic heterocycles. The third kappa shape index (κ3) is 3.89. The van der Waals surface area contributed by atoms with Crippen molar-refractivity contribution in [3.63, 3.8) is 0 Å². The van der Waals surface area contributed by atoms with Gasteiger partial charge in [-0.2, -0.15) is 13.2 Å². The van der Waals surface area contributed by atoms with E-state index in [2.05, 4.69) is 0 Å². The average molecular weight is 305 g/mol. The van der Waals surface area contributed by atoms with Crippen LogP contribution in [0, 0.1) is 0 Å². The summed E-state index contributed by atoms with van der Waals surface area (Å²) in [5, 5.41) is 9.55. The first kappa shape index (κ1) is 15.2. The molecule has 3 nitrogen and oxygen atoms in total. The van der Waals surface area contributed by atoms with Gasteiger partial charge in [0.2, 0.25) is 0 Å². The molecular weight excluding hydrogens is 291 g/mol. The number of likely N-dealkylation sites (tertiary alicyclic amines) is 1. The van der Waals surface area contributed by atoms with Crippen molar-refractivity contribution >= 4 is 17.7 Å². The lowest BCUT2D eigenvalue weighted by atomic mass is 10.1. The molecule has 1 N–H and O–H groups in total. The number of hydrogen-bond donors (Lipinski definition) is 1. The van der Waals surface area contributed by atoms with Gasteiger partial charge in [-0.1, -0.05) is 12.1 Å². The molecule has 0 bridgehead atoms. The molecule has 2 rings (SSSR count). The van der Waals surface area contributed by atoms with E-state index in [1.165, 1.54) is 29.2 Å². The second-order valence-corrected chi connectivity index (χ2v) is 5.70. The Hall–Kier alpha value is -1.21. The predicted octanol–water partition coefficient (Wildman–Crippen LogP) is 2.90. The average Bonchev–Trinajstić information content (AvgIpc) is 2.37. The Morgan fingerprint density at radius 2 is 2.05 bits per heavy atom. The van der Waals surface area contributed by atoms with E-state index in [0.29, 0.717) is 19.4 Å². The SMILES string of the molecule is O=C(c1ccccc1SC(F)(F)F)N1CCC[C@H](O)C1. The van der Waals surface area contributed by atoms with Crippen molar-refractivity contribution in [1.29, 1.82) is 0 Å². The molecule has 1 aliphatic heterocycles. The zero-order valence-electron chi connectivity index (χ0n) is 10.6. The molecular formula is C13H14F3NO2S. The van der Waals surface area contributed by atoms with Crippen molar-refractivity contribution in [3.8, 4) is 0 Å². The van der Waals surface area contributed by atoms with E-state index in [9.17, 15) is 23.1 Å². The van der Waals surface area contributed by atoms with Crippen LogP contribution < -0.4 is 0 Å². The second-order valence-electron chi connectivity index (χ2n) is 4.59. The molecule has 0 saturated carbocycles. The minimum atomic E-state index is -4.43. The molecule has 0 aliphatic carbocycles. The number of hydrogen-bond acceptors (Lipinski definition) is 3. The molecule has 1 aliphatic rings. The van der Waals surface area contributed by atoms with Crippen LogP contribution in [-0.4, -0.2) is 40.6 Å². The fraction of sp³-hybridized carbons (Fsp3) is 0.462. The molecule has 1 saturated heterocycles. The Kier molecular flexibility index (Phi) is 4.59. The Labute approximate surface area is 118 Å². The Morgan fingerprint density at radius 1 is 1.35 bits per heavy atom. The number of rotatable bonds is 2. The summed E-state index contributed by atoms with van der Waals surface area (Å²) in [6, 6.07) is 5.67. The van der Waals surface area contributed by atoms with Gasteiger partial charge < -0.3 is 10.0 Å². The Balaban J connectivity index is 2.21. The van der Waals surface area contributed by atoms with Crippen LogP contribution in [0.3, 0.4) is 0 Å². The topological polar surface area (TPSA) is 40.5 Å². The number of aliphatic hydroxyl groups is 1. The van der Waals surface area contributed by atoms with Crippen molar-refractivity contribution < 1.29 is 23.1 Å². The maximum absolute atomic E-state index is 12.5. The molecule has 1 aromatic carbocycles. The number of benzene rings is 1. The molecule has 0 spiro atoms. The number of nitrogens with zero attached hydrogens (tertiary/aromatic N) is 1. The summed E-state index contributed by atoms with van der Waals surface area (Å²) in [6.07, 6.45) is 0.666. The summed E-state index contributed by atoms with van der Waals surface area (Å²) < 4.78 is 37.5. The molecule has 1 heterocycles. The van der Waals surface area contributed by atoms with Gasteiger partial charge in [0.15, 0.2) is 0 Å². The summed E-state index contributed by atoms with van der Waals surface area (Å²) in [6.45, 7) is 0.630. The number of piperidine rings is 1. The van der Waals surface area contributed by atoms with Crippen molar-refractivity contribution in [2.75, 3.05) is 13.1 Å². The zero-order valence-corrected chi connectivity index (χ0v) is 11.4. The van der Waals surface area contributed by atoms with Crippen LogP contribution in [0.15, 0.2) is 29.2 Å². The summed E-state index contributed by atoms with van der Waals surface area (Å²) in [5.41, 5.74) is -4.40. The first-order valence-electron chi connectivity index (χ1n) is 6.19. The molecule has 1 aromatic rings. The van der Waals surface area contributed by atoms with Crippen LogP contribution in [0.25, 0.3) is 0 Å². The van der Waals surface area contributed by atoms with Gasteiger partial charge in [0, 0.05) is 18.0 Å². The smallest absolute Gasteiger partial charge is 0.391 e. The molecule has 0 unspecified atom stereocenters. The number of β-amino-alcohol motifs (C(OH)–C–C–N with tert-alkyl or cyclic N) is 1. The maximum atomic E-state index is 12.5. The lowest BCUT2D eigenvalue weighted by Gasteiger charge is -2.30. The lowest BCUT2D eigenvalue weighted by molar-refractivity contribution is -0.0328. The first-order chi connectivity index (χ1) is 9.37. The fourth-order valence-corrected chi connectivity index (χ4v) is 2.83. The number of amides is 1. The summed E-state index contributed by atoms with van der Waals surface area (Å²) in [7, 11) is 0. The molecule has 1 amide bonds. The number of alkyl halides is 3. The third-order valence-electron chi connectivity index (χ3n) is 3.03. The van der Waals surface area contributed by atoms with Gasteiger partial charge in [0.25, 0.3) is 5.91 Å². The van der Waals surface area contributed by atoms with Crippen molar-refractivity contribution in [2.24, 2.45) is 0 Å². The highest BCUT2D eigenvalue weighted by atomic mass is 32.2. The number of halogens is 3. The fourth-order valence-electron chi connectivity index (χ4n) is 2.17. The largest absolute Gasteiger partial charge is 0.446 e. The van der Waals surface area contributed by atoms with Crippen molar-refractivity contribution in [3.05, 3.63) is 29.8 Å². The van der Waals surface area contributed by atoms with Gasteiger partial charge in [-0.15, -0.1) is 0 Å². The van der Waals surface area contributed by atoms with Crippen molar-refractivity contribution in [2.45, 2.75) is 29.3 Å². The van der Waals surface area contributed by atoms with E-state index in [1.54, 1.807) is 0 Å². The van der Waals surface area contributed by atoms with E-state index >= 15 is 0 Å². The summed E-state index contributed by atoms with van der Waals surface area (Å²) in [4.78, 5) is 13.6. The highest BCUT2D eigenvalue weighted by Crippen LogP contribution is 2.38. The lowest BCUT2D eigenvalue weighted by Crippen LogP contribution is -2.42. The van der Waals surface area contributed by atoms with Crippen LogP contribution in [0.5, 0.6) is 0 Å². The van der Waals surface area contributed by atoms with Crippen LogP contribution in [-0.2, 0) is 0 Å². The van der Waals surface area contributed by atoms with E-state index in [0.717, 1.165) is 0 Å². The zero-order chi connectivity index (χ0) is 14.8. The number of thioether (sulfide) groups is 1. The van der Waals surface area contributed by atoms with Gasteiger partial charge in [-0.25, -0.2) is 0 Å². The van der Waals surface area contributed by atoms with E-state index in [1.807, 2.05) is 0 Å². The van der Waals surface area contributed by atoms with E-state index in [-0.39, 0.29) is 28.8 Å².